The van der Waals surface area contributed by atoms with Crippen molar-refractivity contribution in [3.05, 3.63) is 77.2 Å². The van der Waals surface area contributed by atoms with Gasteiger partial charge in [0.2, 0.25) is 0 Å². The lowest BCUT2D eigenvalue weighted by molar-refractivity contribution is -0.136. The lowest BCUT2D eigenvalue weighted by Crippen LogP contribution is -2.04. The molecule has 0 saturated carbocycles. The number of hydrogen-bond acceptors (Lipinski definition) is 6. The Morgan fingerprint density at radius 2 is 2.03 bits per heavy atom. The summed E-state index contributed by atoms with van der Waals surface area (Å²) in [5.74, 6) is -0.346. The summed E-state index contributed by atoms with van der Waals surface area (Å²) in [4.78, 5) is 15.4. The second-order valence-corrected chi connectivity index (χ2v) is 6.99. The number of benzene rings is 2. The summed E-state index contributed by atoms with van der Waals surface area (Å²) < 4.78 is 11.6. The van der Waals surface area contributed by atoms with Gasteiger partial charge in [-0.3, -0.25) is 9.78 Å². The molecule has 0 radical (unpaired) electrons. The first-order chi connectivity index (χ1) is 14.5. The first-order valence-corrected chi connectivity index (χ1v) is 9.52. The van der Waals surface area contributed by atoms with Gasteiger partial charge in [0.25, 0.3) is 0 Å². The van der Waals surface area contributed by atoms with Crippen molar-refractivity contribution in [2.75, 3.05) is 0 Å². The Hall–Kier alpha value is -3.71. The number of nitrogens with zero attached hydrogens (tertiary/aromatic N) is 2. The molecule has 2 heterocycles. The van der Waals surface area contributed by atoms with Crippen LogP contribution in [0.2, 0.25) is 0 Å². The molecule has 0 unspecified atom stereocenters. The average molecular weight is 403 g/mol. The van der Waals surface area contributed by atoms with Crippen LogP contribution in [-0.4, -0.2) is 21.2 Å². The first kappa shape index (κ1) is 19.6. The minimum absolute atomic E-state index is 0.0932. The van der Waals surface area contributed by atoms with Gasteiger partial charge >= 0.3 is 5.97 Å². The minimum Gasteiger partial charge on any atom is -0.489 e. The molecule has 2 aromatic heterocycles. The van der Waals surface area contributed by atoms with Crippen LogP contribution in [0.4, 0.5) is 0 Å². The second kappa shape index (κ2) is 8.34. The molecule has 0 aliphatic heterocycles. The molecule has 0 fully saturated rings. The van der Waals surface area contributed by atoms with Gasteiger partial charge in [-0.2, -0.15) is 0 Å². The largest absolute Gasteiger partial charge is 0.489 e. The van der Waals surface area contributed by atoms with E-state index in [4.69, 9.17) is 20.1 Å². The van der Waals surface area contributed by atoms with Crippen LogP contribution >= 0.6 is 0 Å². The van der Waals surface area contributed by atoms with E-state index < -0.39 is 5.97 Å². The van der Waals surface area contributed by atoms with Crippen molar-refractivity contribution in [1.29, 1.82) is 0 Å². The van der Waals surface area contributed by atoms with Gasteiger partial charge in [0.1, 0.15) is 12.4 Å². The van der Waals surface area contributed by atoms with Gasteiger partial charge in [-0.1, -0.05) is 23.4 Å². The standard InChI is InChI=1S/C23H21N3O4/c1-14-19-8-15(13-29-21-5-3-2-4-17(21)11-22(27)28)9-20(23(19)30-26-14)16-6-7-25-18(10-16)12-24/h2-10H,11-13,24H2,1H3,(H,27,28). The fourth-order valence-corrected chi connectivity index (χ4v) is 3.39. The topological polar surface area (TPSA) is 111 Å². The fraction of sp³-hybridized carbons (Fsp3) is 0.174. The number of rotatable bonds is 7. The third-order valence-electron chi connectivity index (χ3n) is 4.86. The number of para-hydroxylation sites is 1. The number of hydrogen-bond donors (Lipinski definition) is 2. The van der Waals surface area contributed by atoms with E-state index in [0.717, 1.165) is 33.5 Å². The van der Waals surface area contributed by atoms with Gasteiger partial charge in [-0.25, -0.2) is 0 Å². The molecule has 3 N–H and O–H groups in total. The molecule has 152 valence electrons. The predicted molar refractivity (Wildman–Crippen MR) is 112 cm³/mol. The first-order valence-electron chi connectivity index (χ1n) is 9.52. The molecule has 0 saturated heterocycles. The predicted octanol–water partition coefficient (Wildman–Crippen LogP) is 3.86. The number of aliphatic carboxylic acids is 1. The van der Waals surface area contributed by atoms with Crippen molar-refractivity contribution in [1.82, 2.24) is 10.1 Å². The third kappa shape index (κ3) is 4.01. The number of aromatic nitrogens is 2. The number of pyridine rings is 1. The van der Waals surface area contributed by atoms with Crippen LogP contribution < -0.4 is 10.5 Å². The number of aryl methyl sites for hydroxylation is 1. The van der Waals surface area contributed by atoms with Crippen LogP contribution in [0.1, 0.15) is 22.5 Å². The van der Waals surface area contributed by atoms with E-state index in [2.05, 4.69) is 10.1 Å². The van der Waals surface area contributed by atoms with E-state index >= 15 is 0 Å². The molecule has 0 bridgehead atoms. The van der Waals surface area contributed by atoms with E-state index in [1.54, 1.807) is 24.4 Å². The maximum atomic E-state index is 11.1. The van der Waals surface area contributed by atoms with Crippen LogP contribution in [0.15, 0.2) is 59.3 Å². The van der Waals surface area contributed by atoms with Gasteiger partial charge in [0.05, 0.1) is 17.8 Å². The van der Waals surface area contributed by atoms with Crippen molar-refractivity contribution in [2.45, 2.75) is 26.5 Å². The van der Waals surface area contributed by atoms with Gasteiger partial charge < -0.3 is 20.1 Å². The fourth-order valence-electron chi connectivity index (χ4n) is 3.39. The quantitative estimate of drug-likeness (QED) is 0.482. The summed E-state index contributed by atoms with van der Waals surface area (Å²) >= 11 is 0. The Morgan fingerprint density at radius 3 is 2.83 bits per heavy atom. The number of nitrogens with two attached hydrogens (primary N) is 1. The molecule has 30 heavy (non-hydrogen) atoms. The summed E-state index contributed by atoms with van der Waals surface area (Å²) in [6, 6.07) is 15.0. The lowest BCUT2D eigenvalue weighted by atomic mass is 10.00. The monoisotopic (exact) mass is 403 g/mol. The Bertz CT molecular complexity index is 1220. The van der Waals surface area contributed by atoms with E-state index in [0.29, 0.717) is 23.4 Å². The Labute approximate surface area is 173 Å². The zero-order valence-corrected chi connectivity index (χ0v) is 16.5. The van der Waals surface area contributed by atoms with Gasteiger partial charge in [-0.05, 0) is 48.4 Å². The highest BCUT2D eigenvalue weighted by Gasteiger charge is 2.15. The molecule has 0 aliphatic carbocycles. The molecule has 0 amide bonds. The van der Waals surface area contributed by atoms with E-state index in [9.17, 15) is 4.79 Å². The number of fused-ring (bicyclic) bond motifs is 1. The molecule has 0 spiro atoms. The Kier molecular flexibility index (Phi) is 5.45. The summed E-state index contributed by atoms with van der Waals surface area (Å²) in [5.41, 5.74) is 11.4. The summed E-state index contributed by atoms with van der Waals surface area (Å²) in [6.07, 6.45) is 1.63. The average Bonchev–Trinajstić information content (AvgIpc) is 3.13. The molecular weight excluding hydrogens is 382 g/mol. The molecule has 7 heteroatoms. The Morgan fingerprint density at radius 1 is 1.20 bits per heavy atom. The third-order valence-corrected chi connectivity index (χ3v) is 4.86. The summed E-state index contributed by atoms with van der Waals surface area (Å²) in [5, 5.41) is 14.1. The Balaban J connectivity index is 1.71. The van der Waals surface area contributed by atoms with Crippen LogP contribution in [0, 0.1) is 6.92 Å². The highest BCUT2D eigenvalue weighted by atomic mass is 16.5. The van der Waals surface area contributed by atoms with E-state index in [-0.39, 0.29) is 13.0 Å². The van der Waals surface area contributed by atoms with Crippen LogP contribution in [0.5, 0.6) is 5.75 Å². The minimum atomic E-state index is -0.900. The second-order valence-electron chi connectivity index (χ2n) is 6.99. The zero-order valence-electron chi connectivity index (χ0n) is 16.5. The SMILES string of the molecule is Cc1noc2c(-c3ccnc(CN)c3)cc(COc3ccccc3CC(=O)O)cc12. The van der Waals surface area contributed by atoms with E-state index in [1.807, 2.05) is 37.3 Å². The molecule has 7 nitrogen and oxygen atoms in total. The molecule has 4 rings (SSSR count). The molecule has 0 aliphatic rings. The molecule has 0 atom stereocenters. The van der Waals surface area contributed by atoms with Crippen LogP contribution in [-0.2, 0) is 24.4 Å². The smallest absolute Gasteiger partial charge is 0.307 e. The van der Waals surface area contributed by atoms with Gasteiger partial charge in [-0.15, -0.1) is 0 Å². The van der Waals surface area contributed by atoms with Crippen molar-refractivity contribution in [3.8, 4) is 16.9 Å². The van der Waals surface area contributed by atoms with Crippen molar-refractivity contribution < 1.29 is 19.2 Å². The molecular formula is C23H21N3O4. The lowest BCUT2D eigenvalue weighted by Gasteiger charge is -2.12. The highest BCUT2D eigenvalue weighted by Crippen LogP contribution is 2.32. The van der Waals surface area contributed by atoms with Crippen LogP contribution in [0.25, 0.3) is 22.1 Å². The zero-order chi connectivity index (χ0) is 21.1. The number of carboxylic acid groups (broad SMARTS) is 1. The van der Waals surface area contributed by atoms with E-state index in [1.165, 1.54) is 0 Å². The molecule has 4 aromatic rings. The summed E-state index contributed by atoms with van der Waals surface area (Å²) in [6.45, 7) is 2.51. The van der Waals surface area contributed by atoms with Crippen molar-refractivity contribution in [3.63, 3.8) is 0 Å². The van der Waals surface area contributed by atoms with Gasteiger partial charge in [0.15, 0.2) is 5.58 Å². The molecule has 2 aromatic carbocycles. The number of carboxylic acids is 1. The normalized spacial score (nSPS) is 11.0. The summed E-state index contributed by atoms with van der Waals surface area (Å²) in [7, 11) is 0. The maximum absolute atomic E-state index is 11.1. The van der Waals surface area contributed by atoms with Gasteiger partial charge in [0, 0.05) is 29.3 Å². The van der Waals surface area contributed by atoms with Crippen molar-refractivity contribution in [2.24, 2.45) is 5.73 Å². The van der Waals surface area contributed by atoms with Crippen molar-refractivity contribution >= 4 is 16.9 Å². The highest BCUT2D eigenvalue weighted by molar-refractivity contribution is 5.94. The number of ether oxygens (including phenoxy) is 1. The maximum Gasteiger partial charge on any atom is 0.307 e. The number of carbonyl (C=O) groups is 1. The van der Waals surface area contributed by atoms with Crippen LogP contribution in [0.3, 0.4) is 0 Å².